The third kappa shape index (κ3) is 3.24. The molecule has 1 saturated carbocycles. The highest BCUT2D eigenvalue weighted by Crippen LogP contribution is 2.47. The van der Waals surface area contributed by atoms with Gasteiger partial charge < -0.3 is 14.2 Å². The van der Waals surface area contributed by atoms with Gasteiger partial charge in [-0.05, 0) is 30.5 Å². The zero-order valence-electron chi connectivity index (χ0n) is 13.1. The molecule has 2 fully saturated rings. The van der Waals surface area contributed by atoms with E-state index >= 15 is 0 Å². The summed E-state index contributed by atoms with van der Waals surface area (Å²) in [6.07, 6.45) is 4.48. The minimum Gasteiger partial charge on any atom is -0.461 e. The second-order valence-electron chi connectivity index (χ2n) is 6.22. The van der Waals surface area contributed by atoms with Crippen molar-refractivity contribution < 1.29 is 14.0 Å². The van der Waals surface area contributed by atoms with Gasteiger partial charge in [0.1, 0.15) is 11.5 Å². The van der Waals surface area contributed by atoms with Crippen LogP contribution < -0.4 is 0 Å². The Kier molecular flexibility index (Phi) is 4.05. The first-order chi connectivity index (χ1) is 10.5. The molecular formula is C17H22N2O3. The summed E-state index contributed by atoms with van der Waals surface area (Å²) in [5.41, 5.74) is 0. The maximum atomic E-state index is 12.1. The summed E-state index contributed by atoms with van der Waals surface area (Å²) in [4.78, 5) is 26.9. The van der Waals surface area contributed by atoms with Crippen molar-refractivity contribution in [3.63, 3.8) is 0 Å². The smallest absolute Gasteiger partial charge is 0.246 e. The maximum absolute atomic E-state index is 12.1. The summed E-state index contributed by atoms with van der Waals surface area (Å²) >= 11 is 0. The van der Waals surface area contributed by atoms with E-state index in [1.165, 1.54) is 6.42 Å². The molecular weight excluding hydrogens is 280 g/mol. The Hall–Kier alpha value is -2.04. The van der Waals surface area contributed by atoms with Crippen LogP contribution in [0.4, 0.5) is 0 Å². The minimum atomic E-state index is -0.0269. The lowest BCUT2D eigenvalue weighted by atomic mass is 10.2. The summed E-state index contributed by atoms with van der Waals surface area (Å²) < 4.78 is 5.75. The number of carbonyl (C=O) groups excluding carboxylic acids is 2. The largest absolute Gasteiger partial charge is 0.461 e. The van der Waals surface area contributed by atoms with E-state index in [0.29, 0.717) is 38.0 Å². The Bertz CT molecular complexity index is 597. The molecule has 1 saturated heterocycles. The molecule has 1 aliphatic carbocycles. The molecule has 2 heterocycles. The van der Waals surface area contributed by atoms with Crippen LogP contribution in [0, 0.1) is 5.92 Å². The molecule has 1 aromatic rings. The molecule has 1 aliphatic heterocycles. The predicted octanol–water partition coefficient (Wildman–Crippen LogP) is 2.11. The van der Waals surface area contributed by atoms with Gasteiger partial charge >= 0.3 is 0 Å². The molecule has 22 heavy (non-hydrogen) atoms. The van der Waals surface area contributed by atoms with Crippen molar-refractivity contribution in [3.8, 4) is 0 Å². The standard InChI is InChI=1S/C17H22N2O3/c1-12-11-15(12)16-5-3-14(22-16)4-6-17(21)19-9-7-18(8-10-19)13(2)20/h3-6,12,15H,7-11H2,1-2H3/b6-4+. The molecule has 5 nitrogen and oxygen atoms in total. The molecule has 2 unspecified atom stereocenters. The highest BCUT2D eigenvalue weighted by atomic mass is 16.3. The van der Waals surface area contributed by atoms with Crippen LogP contribution >= 0.6 is 0 Å². The van der Waals surface area contributed by atoms with Crippen molar-refractivity contribution in [1.29, 1.82) is 0 Å². The third-order valence-electron chi connectivity index (χ3n) is 4.55. The number of hydrogen-bond acceptors (Lipinski definition) is 3. The lowest BCUT2D eigenvalue weighted by Gasteiger charge is -2.33. The average Bonchev–Trinajstić information content (AvgIpc) is 3.06. The van der Waals surface area contributed by atoms with Crippen molar-refractivity contribution in [2.45, 2.75) is 26.2 Å². The first-order valence-electron chi connectivity index (χ1n) is 7.87. The van der Waals surface area contributed by atoms with Crippen LogP contribution in [0.5, 0.6) is 0 Å². The van der Waals surface area contributed by atoms with Gasteiger partial charge in [0, 0.05) is 45.1 Å². The van der Waals surface area contributed by atoms with Crippen LogP contribution in [-0.4, -0.2) is 47.8 Å². The zero-order chi connectivity index (χ0) is 15.7. The van der Waals surface area contributed by atoms with Gasteiger partial charge in [0.15, 0.2) is 0 Å². The van der Waals surface area contributed by atoms with Gasteiger partial charge in [-0.2, -0.15) is 0 Å². The molecule has 1 aromatic heterocycles. The van der Waals surface area contributed by atoms with Crippen molar-refractivity contribution in [1.82, 2.24) is 9.80 Å². The molecule has 0 N–H and O–H groups in total. The van der Waals surface area contributed by atoms with Crippen molar-refractivity contribution in [2.24, 2.45) is 5.92 Å². The molecule has 118 valence electrons. The van der Waals surface area contributed by atoms with Gasteiger partial charge in [-0.3, -0.25) is 9.59 Å². The SMILES string of the molecule is CC(=O)N1CCN(C(=O)/C=C/c2ccc(C3CC3C)o2)CC1. The fraction of sp³-hybridized carbons (Fsp3) is 0.529. The summed E-state index contributed by atoms with van der Waals surface area (Å²) in [5.74, 6) is 3.06. The number of carbonyl (C=O) groups is 2. The Morgan fingerprint density at radius 1 is 1.18 bits per heavy atom. The summed E-state index contributed by atoms with van der Waals surface area (Å²) in [5, 5.41) is 0. The summed E-state index contributed by atoms with van der Waals surface area (Å²) in [7, 11) is 0. The van der Waals surface area contributed by atoms with E-state index in [9.17, 15) is 9.59 Å². The van der Waals surface area contributed by atoms with Crippen molar-refractivity contribution in [3.05, 3.63) is 29.7 Å². The zero-order valence-corrected chi connectivity index (χ0v) is 13.1. The highest BCUT2D eigenvalue weighted by molar-refractivity contribution is 5.91. The number of hydrogen-bond donors (Lipinski definition) is 0. The Morgan fingerprint density at radius 3 is 2.41 bits per heavy atom. The first kappa shape index (κ1) is 14.9. The lowest BCUT2D eigenvalue weighted by Crippen LogP contribution is -2.49. The number of amides is 2. The van der Waals surface area contributed by atoms with Gasteiger partial charge in [0.2, 0.25) is 11.8 Å². The molecule has 5 heteroatoms. The monoisotopic (exact) mass is 302 g/mol. The summed E-state index contributed by atoms with van der Waals surface area (Å²) in [6, 6.07) is 3.92. The van der Waals surface area contributed by atoms with Gasteiger partial charge in [-0.15, -0.1) is 0 Å². The molecule has 0 radical (unpaired) electrons. The Labute approximate surface area is 130 Å². The molecule has 2 atom stereocenters. The molecule has 2 amide bonds. The predicted molar refractivity (Wildman–Crippen MR) is 83.1 cm³/mol. The Morgan fingerprint density at radius 2 is 1.82 bits per heavy atom. The number of furan rings is 1. The second-order valence-corrected chi connectivity index (χ2v) is 6.22. The minimum absolute atomic E-state index is 0.0269. The molecule has 0 aromatic carbocycles. The van der Waals surface area contributed by atoms with E-state index in [2.05, 4.69) is 6.92 Å². The quantitative estimate of drug-likeness (QED) is 0.804. The summed E-state index contributed by atoms with van der Waals surface area (Å²) in [6.45, 7) is 6.18. The number of piperazine rings is 1. The molecule has 0 spiro atoms. The Balaban J connectivity index is 1.53. The van der Waals surface area contributed by atoms with E-state index in [4.69, 9.17) is 4.42 Å². The second kappa shape index (κ2) is 5.99. The van der Waals surface area contributed by atoms with E-state index in [-0.39, 0.29) is 11.8 Å². The number of nitrogens with zero attached hydrogens (tertiary/aromatic N) is 2. The fourth-order valence-corrected chi connectivity index (χ4v) is 2.88. The van der Waals surface area contributed by atoms with Crippen LogP contribution in [0.3, 0.4) is 0 Å². The third-order valence-corrected chi connectivity index (χ3v) is 4.55. The maximum Gasteiger partial charge on any atom is 0.246 e. The topological polar surface area (TPSA) is 53.8 Å². The lowest BCUT2D eigenvalue weighted by molar-refractivity contribution is -0.135. The van der Waals surface area contributed by atoms with Crippen LogP contribution in [0.2, 0.25) is 0 Å². The van der Waals surface area contributed by atoms with Crippen molar-refractivity contribution >= 4 is 17.9 Å². The normalized spacial score (nSPS) is 24.8. The average molecular weight is 302 g/mol. The van der Waals surface area contributed by atoms with Crippen LogP contribution in [0.1, 0.15) is 37.7 Å². The van der Waals surface area contributed by atoms with E-state index < -0.39 is 0 Å². The van der Waals surface area contributed by atoms with Crippen LogP contribution in [0.15, 0.2) is 22.6 Å². The van der Waals surface area contributed by atoms with Crippen LogP contribution in [0.25, 0.3) is 6.08 Å². The van der Waals surface area contributed by atoms with E-state index in [1.807, 2.05) is 12.1 Å². The van der Waals surface area contributed by atoms with E-state index in [0.717, 1.165) is 11.5 Å². The first-order valence-corrected chi connectivity index (χ1v) is 7.87. The molecule has 3 rings (SSSR count). The van der Waals surface area contributed by atoms with Gasteiger partial charge in [0.25, 0.3) is 0 Å². The van der Waals surface area contributed by atoms with E-state index in [1.54, 1.807) is 28.9 Å². The highest BCUT2D eigenvalue weighted by Gasteiger charge is 2.36. The molecule has 2 aliphatic rings. The fourth-order valence-electron chi connectivity index (χ4n) is 2.88. The van der Waals surface area contributed by atoms with Gasteiger partial charge in [0.05, 0.1) is 0 Å². The van der Waals surface area contributed by atoms with Gasteiger partial charge in [-0.25, -0.2) is 0 Å². The van der Waals surface area contributed by atoms with Crippen LogP contribution in [-0.2, 0) is 9.59 Å². The van der Waals surface area contributed by atoms with Gasteiger partial charge in [-0.1, -0.05) is 6.92 Å². The van der Waals surface area contributed by atoms with Crippen molar-refractivity contribution in [2.75, 3.05) is 26.2 Å². The number of rotatable bonds is 3. The molecule has 0 bridgehead atoms.